The molecule has 0 aromatic heterocycles. The van der Waals surface area contributed by atoms with E-state index in [-0.39, 0.29) is 10.6 Å². The maximum absolute atomic E-state index is 11.4. The summed E-state index contributed by atoms with van der Waals surface area (Å²) in [5.74, 6) is 0. The second-order valence-electron chi connectivity index (χ2n) is 6.00. The van der Waals surface area contributed by atoms with Gasteiger partial charge in [0.15, 0.2) is 0 Å². The van der Waals surface area contributed by atoms with Gasteiger partial charge < -0.3 is 10.1 Å². The van der Waals surface area contributed by atoms with Gasteiger partial charge in [0.05, 0.1) is 11.1 Å². The van der Waals surface area contributed by atoms with E-state index in [4.69, 9.17) is 5.21 Å². The van der Waals surface area contributed by atoms with E-state index in [1.807, 2.05) is 23.1 Å². The fraction of sp³-hybridized carbons (Fsp3) is 0.278. The molecule has 1 N–H and O–H groups in total. The molecule has 0 unspecified atom stereocenters. The van der Waals surface area contributed by atoms with Crippen molar-refractivity contribution in [1.29, 1.82) is 0 Å². The summed E-state index contributed by atoms with van der Waals surface area (Å²) in [6.07, 6.45) is 1.19. The molecule has 0 amide bonds. The van der Waals surface area contributed by atoms with E-state index in [1.54, 1.807) is 12.1 Å². The highest BCUT2D eigenvalue weighted by molar-refractivity contribution is 5.82. The molecule has 0 spiro atoms. The molecule has 1 saturated heterocycles. The SMILES string of the molecule is O=[N+]([O-])c1cc(/C=N/O)ccc1N1CCN(Cc2ccccc2)CC1. The lowest BCUT2D eigenvalue weighted by Crippen LogP contribution is -2.46. The number of nitrogens with zero attached hydrogens (tertiary/aromatic N) is 4. The van der Waals surface area contributed by atoms with Gasteiger partial charge in [0, 0.05) is 44.4 Å². The van der Waals surface area contributed by atoms with Crippen LogP contribution in [0.4, 0.5) is 11.4 Å². The molecule has 0 aliphatic carbocycles. The molecule has 0 bridgehead atoms. The molecule has 1 heterocycles. The van der Waals surface area contributed by atoms with Crippen molar-refractivity contribution < 1.29 is 10.1 Å². The van der Waals surface area contributed by atoms with Crippen LogP contribution in [0.25, 0.3) is 0 Å². The normalized spacial score (nSPS) is 15.6. The Morgan fingerprint density at radius 3 is 2.48 bits per heavy atom. The Kier molecular flexibility index (Phi) is 5.25. The molecule has 2 aromatic carbocycles. The maximum Gasteiger partial charge on any atom is 0.293 e. The third-order valence-corrected chi connectivity index (χ3v) is 4.36. The van der Waals surface area contributed by atoms with E-state index >= 15 is 0 Å². The Balaban J connectivity index is 1.69. The number of hydrogen-bond acceptors (Lipinski definition) is 6. The third-order valence-electron chi connectivity index (χ3n) is 4.36. The minimum atomic E-state index is -0.389. The average Bonchev–Trinajstić information content (AvgIpc) is 2.63. The smallest absolute Gasteiger partial charge is 0.293 e. The number of oxime groups is 1. The van der Waals surface area contributed by atoms with Crippen LogP contribution in [0.1, 0.15) is 11.1 Å². The van der Waals surface area contributed by atoms with E-state index in [1.165, 1.54) is 17.8 Å². The Hall–Kier alpha value is -2.93. The van der Waals surface area contributed by atoms with E-state index in [2.05, 4.69) is 22.2 Å². The van der Waals surface area contributed by atoms with Crippen LogP contribution in [-0.4, -0.2) is 47.4 Å². The topological polar surface area (TPSA) is 82.2 Å². The number of anilines is 1. The lowest BCUT2D eigenvalue weighted by atomic mass is 10.1. The van der Waals surface area contributed by atoms with Crippen LogP contribution in [0, 0.1) is 10.1 Å². The van der Waals surface area contributed by atoms with Gasteiger partial charge in [0.2, 0.25) is 0 Å². The quantitative estimate of drug-likeness (QED) is 0.392. The van der Waals surface area contributed by atoms with Crippen molar-refractivity contribution in [1.82, 2.24) is 4.90 Å². The van der Waals surface area contributed by atoms with Crippen molar-refractivity contribution >= 4 is 17.6 Å². The summed E-state index contributed by atoms with van der Waals surface area (Å²) in [4.78, 5) is 15.4. The lowest BCUT2D eigenvalue weighted by Gasteiger charge is -2.35. The Bertz CT molecular complexity index is 756. The van der Waals surface area contributed by atoms with Crippen LogP contribution in [0.5, 0.6) is 0 Å². The lowest BCUT2D eigenvalue weighted by molar-refractivity contribution is -0.384. The number of hydrogen-bond donors (Lipinski definition) is 1. The summed E-state index contributed by atoms with van der Waals surface area (Å²) in [5.41, 5.74) is 2.42. The van der Waals surface area contributed by atoms with E-state index in [9.17, 15) is 10.1 Å². The van der Waals surface area contributed by atoms with Crippen LogP contribution >= 0.6 is 0 Å². The summed E-state index contributed by atoms with van der Waals surface area (Å²) in [5, 5.41) is 22.9. The molecular formula is C18H20N4O3. The molecule has 3 rings (SSSR count). The summed E-state index contributed by atoms with van der Waals surface area (Å²) in [6.45, 7) is 4.07. The Morgan fingerprint density at radius 2 is 1.84 bits per heavy atom. The second kappa shape index (κ2) is 7.76. The van der Waals surface area contributed by atoms with Gasteiger partial charge >= 0.3 is 0 Å². The van der Waals surface area contributed by atoms with Crippen molar-refractivity contribution in [3.05, 3.63) is 69.8 Å². The van der Waals surface area contributed by atoms with Crippen molar-refractivity contribution in [2.24, 2.45) is 5.16 Å². The number of benzene rings is 2. The molecule has 130 valence electrons. The van der Waals surface area contributed by atoms with Crippen molar-refractivity contribution in [3.63, 3.8) is 0 Å². The predicted molar refractivity (Wildman–Crippen MR) is 96.4 cm³/mol. The largest absolute Gasteiger partial charge is 0.411 e. The van der Waals surface area contributed by atoms with Gasteiger partial charge in [-0.15, -0.1) is 0 Å². The molecule has 0 radical (unpaired) electrons. The first-order valence-electron chi connectivity index (χ1n) is 8.14. The summed E-state index contributed by atoms with van der Waals surface area (Å²) < 4.78 is 0. The summed E-state index contributed by atoms with van der Waals surface area (Å²) in [7, 11) is 0. The van der Waals surface area contributed by atoms with E-state index < -0.39 is 0 Å². The van der Waals surface area contributed by atoms with Crippen LogP contribution in [0.15, 0.2) is 53.7 Å². The fourth-order valence-electron chi connectivity index (χ4n) is 3.09. The van der Waals surface area contributed by atoms with Gasteiger partial charge in [-0.05, 0) is 11.6 Å². The van der Waals surface area contributed by atoms with Crippen LogP contribution in [0.3, 0.4) is 0 Å². The summed E-state index contributed by atoms with van der Waals surface area (Å²) >= 11 is 0. The molecule has 1 aliphatic rings. The highest BCUT2D eigenvalue weighted by atomic mass is 16.6. The third kappa shape index (κ3) is 4.13. The molecular weight excluding hydrogens is 320 g/mol. The molecule has 0 saturated carbocycles. The zero-order valence-electron chi connectivity index (χ0n) is 13.8. The number of nitro benzene ring substituents is 1. The molecule has 1 fully saturated rings. The predicted octanol–water partition coefficient (Wildman–Crippen LogP) is 2.73. The highest BCUT2D eigenvalue weighted by Gasteiger charge is 2.24. The molecule has 2 aromatic rings. The van der Waals surface area contributed by atoms with Gasteiger partial charge in [0.25, 0.3) is 5.69 Å². The van der Waals surface area contributed by atoms with E-state index in [0.29, 0.717) is 11.3 Å². The van der Waals surface area contributed by atoms with Crippen LogP contribution in [-0.2, 0) is 6.54 Å². The standard InChI is InChI=1S/C18H20N4O3/c23-19-13-16-6-7-17(18(12-16)22(24)25)21-10-8-20(9-11-21)14-15-4-2-1-3-5-15/h1-7,12-13,23H,8-11,14H2/b19-13+. The monoisotopic (exact) mass is 340 g/mol. The van der Waals surface area contributed by atoms with Gasteiger partial charge in [-0.25, -0.2) is 0 Å². The number of rotatable bonds is 5. The van der Waals surface area contributed by atoms with Crippen molar-refractivity contribution in [3.8, 4) is 0 Å². The molecule has 1 aliphatic heterocycles. The van der Waals surface area contributed by atoms with Crippen LogP contribution in [0.2, 0.25) is 0 Å². The fourth-order valence-corrected chi connectivity index (χ4v) is 3.09. The maximum atomic E-state index is 11.4. The number of nitro groups is 1. The molecule has 7 heteroatoms. The second-order valence-corrected chi connectivity index (χ2v) is 6.00. The van der Waals surface area contributed by atoms with Gasteiger partial charge in [0.1, 0.15) is 5.69 Å². The molecule has 25 heavy (non-hydrogen) atoms. The molecule has 0 atom stereocenters. The van der Waals surface area contributed by atoms with Crippen molar-refractivity contribution in [2.75, 3.05) is 31.1 Å². The Morgan fingerprint density at radius 1 is 1.12 bits per heavy atom. The number of piperazine rings is 1. The van der Waals surface area contributed by atoms with Crippen molar-refractivity contribution in [2.45, 2.75) is 6.54 Å². The minimum absolute atomic E-state index is 0.0360. The first-order valence-corrected chi connectivity index (χ1v) is 8.14. The zero-order valence-corrected chi connectivity index (χ0v) is 13.8. The molecule has 7 nitrogen and oxygen atoms in total. The average molecular weight is 340 g/mol. The Labute approximate surface area is 145 Å². The van der Waals surface area contributed by atoms with Gasteiger partial charge in [-0.1, -0.05) is 41.6 Å². The van der Waals surface area contributed by atoms with Crippen LogP contribution < -0.4 is 4.90 Å². The van der Waals surface area contributed by atoms with E-state index in [0.717, 1.165) is 32.7 Å². The van der Waals surface area contributed by atoms with Gasteiger partial charge in [-0.3, -0.25) is 15.0 Å². The van der Waals surface area contributed by atoms with Gasteiger partial charge in [-0.2, -0.15) is 0 Å². The zero-order chi connectivity index (χ0) is 17.6. The minimum Gasteiger partial charge on any atom is -0.411 e. The first-order chi connectivity index (χ1) is 12.2. The summed E-state index contributed by atoms with van der Waals surface area (Å²) in [6, 6.07) is 15.2. The first kappa shape index (κ1) is 16.9. The highest BCUT2D eigenvalue weighted by Crippen LogP contribution is 2.29.